The molecule has 100 valence electrons. The second kappa shape index (κ2) is 4.61. The van der Waals surface area contributed by atoms with E-state index in [9.17, 15) is 9.59 Å². The molecule has 1 aromatic carbocycles. The smallest absolute Gasteiger partial charge is 0.274 e. The summed E-state index contributed by atoms with van der Waals surface area (Å²) in [7, 11) is 0. The number of benzene rings is 1. The highest BCUT2D eigenvalue weighted by Gasteiger charge is 2.12. The molecule has 1 amide bonds. The van der Waals surface area contributed by atoms with E-state index in [1.54, 1.807) is 31.2 Å². The normalized spacial score (nSPS) is 10.7. The van der Waals surface area contributed by atoms with Gasteiger partial charge in [0.1, 0.15) is 11.5 Å². The number of carbonyl (C=O) groups is 1. The number of amides is 1. The van der Waals surface area contributed by atoms with Gasteiger partial charge in [0.2, 0.25) is 0 Å². The van der Waals surface area contributed by atoms with Gasteiger partial charge in [-0.3, -0.25) is 14.7 Å². The molecule has 0 fully saturated rings. The van der Waals surface area contributed by atoms with E-state index in [4.69, 9.17) is 0 Å². The van der Waals surface area contributed by atoms with Crippen LogP contribution in [0.5, 0.6) is 0 Å². The second-order valence-corrected chi connectivity index (χ2v) is 4.24. The number of nitrogens with zero attached hydrogens (tertiary/aromatic N) is 3. The van der Waals surface area contributed by atoms with Gasteiger partial charge in [-0.25, -0.2) is 4.98 Å². The molecular formula is C13H11N5O2. The maximum atomic E-state index is 12.1. The summed E-state index contributed by atoms with van der Waals surface area (Å²) in [5.74, 6) is 0.278. The van der Waals surface area contributed by atoms with Gasteiger partial charge in [0.25, 0.3) is 17.2 Å². The molecule has 0 aliphatic carbocycles. The van der Waals surface area contributed by atoms with Gasteiger partial charge in [0.05, 0.1) is 0 Å². The lowest BCUT2D eigenvalue weighted by Gasteiger charge is -2.03. The summed E-state index contributed by atoms with van der Waals surface area (Å²) in [6.07, 6.45) is 0. The third-order valence-electron chi connectivity index (χ3n) is 2.71. The molecule has 0 bridgehead atoms. The first kappa shape index (κ1) is 12.1. The number of anilines is 1. The number of aromatic amines is 1. The lowest BCUT2D eigenvalue weighted by atomic mass is 10.3. The largest absolute Gasteiger partial charge is 0.321 e. The van der Waals surface area contributed by atoms with Gasteiger partial charge in [0.15, 0.2) is 0 Å². The Morgan fingerprint density at radius 1 is 1.25 bits per heavy atom. The zero-order valence-electron chi connectivity index (χ0n) is 10.6. The quantitative estimate of drug-likeness (QED) is 0.725. The molecule has 2 N–H and O–H groups in total. The maximum absolute atomic E-state index is 12.1. The van der Waals surface area contributed by atoms with Crippen LogP contribution in [0.1, 0.15) is 16.3 Å². The highest BCUT2D eigenvalue weighted by Crippen LogP contribution is 2.07. The highest BCUT2D eigenvalue weighted by molar-refractivity contribution is 6.02. The molecule has 0 aliphatic heterocycles. The first-order chi connectivity index (χ1) is 9.63. The number of para-hydroxylation sites is 1. The molecule has 2 aromatic heterocycles. The Balaban J connectivity index is 1.98. The predicted molar refractivity (Wildman–Crippen MR) is 72.7 cm³/mol. The minimum Gasteiger partial charge on any atom is -0.321 e. The van der Waals surface area contributed by atoms with Crippen molar-refractivity contribution in [2.45, 2.75) is 6.92 Å². The summed E-state index contributed by atoms with van der Waals surface area (Å²) in [5, 5.41) is 5.41. The number of fused-ring (bicyclic) bond motifs is 1. The summed E-state index contributed by atoms with van der Waals surface area (Å²) in [6.45, 7) is 1.71. The van der Waals surface area contributed by atoms with Gasteiger partial charge in [0, 0.05) is 11.8 Å². The van der Waals surface area contributed by atoms with Crippen LogP contribution < -0.4 is 10.9 Å². The minimum atomic E-state index is -0.448. The average Bonchev–Trinajstić information content (AvgIpc) is 2.81. The van der Waals surface area contributed by atoms with Crippen molar-refractivity contribution in [3.05, 3.63) is 58.3 Å². The number of rotatable bonds is 2. The summed E-state index contributed by atoms with van der Waals surface area (Å²) in [5.41, 5.74) is 0.289. The number of aryl methyl sites for hydroxylation is 1. The second-order valence-electron chi connectivity index (χ2n) is 4.24. The Morgan fingerprint density at radius 3 is 2.75 bits per heavy atom. The van der Waals surface area contributed by atoms with Crippen LogP contribution in [-0.4, -0.2) is 25.5 Å². The van der Waals surface area contributed by atoms with Crippen molar-refractivity contribution in [3.63, 3.8) is 0 Å². The molecule has 0 unspecified atom stereocenters. The van der Waals surface area contributed by atoms with Crippen LogP contribution in [0.3, 0.4) is 0 Å². The monoisotopic (exact) mass is 269 g/mol. The molecule has 0 atom stereocenters. The first-order valence-electron chi connectivity index (χ1n) is 5.96. The van der Waals surface area contributed by atoms with E-state index in [0.29, 0.717) is 11.5 Å². The van der Waals surface area contributed by atoms with Gasteiger partial charge in [-0.05, 0) is 19.1 Å². The molecule has 3 aromatic rings. The number of aromatic nitrogens is 4. The van der Waals surface area contributed by atoms with Crippen LogP contribution in [0, 0.1) is 6.92 Å². The molecule has 0 saturated heterocycles. The van der Waals surface area contributed by atoms with E-state index in [-0.39, 0.29) is 17.0 Å². The Morgan fingerprint density at radius 2 is 2.00 bits per heavy atom. The first-order valence-corrected chi connectivity index (χ1v) is 5.96. The highest BCUT2D eigenvalue weighted by atomic mass is 16.2. The molecule has 20 heavy (non-hydrogen) atoms. The van der Waals surface area contributed by atoms with Crippen molar-refractivity contribution in [1.29, 1.82) is 0 Å². The lowest BCUT2D eigenvalue weighted by molar-refractivity contribution is 0.102. The average molecular weight is 269 g/mol. The zero-order valence-corrected chi connectivity index (χ0v) is 10.6. The molecule has 0 radical (unpaired) electrons. The lowest BCUT2D eigenvalue weighted by Crippen LogP contribution is -2.21. The summed E-state index contributed by atoms with van der Waals surface area (Å²) >= 11 is 0. The number of nitrogens with one attached hydrogen (secondary N) is 2. The van der Waals surface area contributed by atoms with Crippen LogP contribution in [0.4, 0.5) is 5.69 Å². The van der Waals surface area contributed by atoms with Gasteiger partial charge in [-0.2, -0.15) is 9.50 Å². The van der Waals surface area contributed by atoms with Crippen molar-refractivity contribution >= 4 is 17.4 Å². The number of hydrogen-bond donors (Lipinski definition) is 2. The SMILES string of the molecule is Cc1nc2nc(C(=O)Nc3ccccc3)cc(=O)n2[nH]1. The molecule has 3 rings (SSSR count). The van der Waals surface area contributed by atoms with E-state index in [0.717, 1.165) is 0 Å². The van der Waals surface area contributed by atoms with Crippen molar-refractivity contribution in [2.75, 3.05) is 5.32 Å². The third kappa shape index (κ3) is 2.16. The maximum Gasteiger partial charge on any atom is 0.274 e. The molecule has 2 heterocycles. The van der Waals surface area contributed by atoms with Gasteiger partial charge in [-0.1, -0.05) is 18.2 Å². The minimum absolute atomic E-state index is 0.0327. The van der Waals surface area contributed by atoms with Gasteiger partial charge >= 0.3 is 0 Å². The van der Waals surface area contributed by atoms with Crippen molar-refractivity contribution in [3.8, 4) is 0 Å². The van der Waals surface area contributed by atoms with Crippen LogP contribution in [0.25, 0.3) is 5.78 Å². The standard InChI is InChI=1S/C13H11N5O2/c1-8-14-13-16-10(7-11(19)18(13)17-8)12(20)15-9-5-3-2-4-6-9/h2-7H,1H3,(H,15,20)(H,14,16,17). The fourth-order valence-electron chi connectivity index (χ4n) is 1.82. The Labute approximate surface area is 113 Å². The van der Waals surface area contributed by atoms with Crippen molar-refractivity contribution in [2.24, 2.45) is 0 Å². The fourth-order valence-corrected chi connectivity index (χ4v) is 1.82. The topological polar surface area (TPSA) is 92.2 Å². The Kier molecular flexibility index (Phi) is 2.79. The fraction of sp³-hybridized carbons (Fsp3) is 0.0769. The number of H-pyrrole nitrogens is 1. The summed E-state index contributed by atoms with van der Waals surface area (Å²) in [6, 6.07) is 10.1. The van der Waals surface area contributed by atoms with Gasteiger partial charge < -0.3 is 5.32 Å². The predicted octanol–water partition coefficient (Wildman–Crippen LogP) is 0.978. The van der Waals surface area contributed by atoms with Gasteiger partial charge in [-0.15, -0.1) is 0 Å². The third-order valence-corrected chi connectivity index (χ3v) is 2.71. The zero-order chi connectivity index (χ0) is 14.1. The van der Waals surface area contributed by atoms with Crippen molar-refractivity contribution in [1.82, 2.24) is 19.6 Å². The Bertz CT molecular complexity index is 835. The summed E-state index contributed by atoms with van der Waals surface area (Å²) < 4.78 is 1.19. The van der Waals surface area contributed by atoms with Crippen LogP contribution in [0.15, 0.2) is 41.2 Å². The number of hydrogen-bond acceptors (Lipinski definition) is 4. The Hall–Kier alpha value is -2.96. The number of carbonyl (C=O) groups excluding carboxylic acids is 1. The van der Waals surface area contributed by atoms with Crippen molar-refractivity contribution < 1.29 is 4.79 Å². The van der Waals surface area contributed by atoms with E-state index in [2.05, 4.69) is 20.4 Å². The summed E-state index contributed by atoms with van der Waals surface area (Å²) in [4.78, 5) is 32.0. The van der Waals surface area contributed by atoms with E-state index < -0.39 is 5.91 Å². The molecule has 0 aliphatic rings. The molecule has 7 heteroatoms. The van der Waals surface area contributed by atoms with E-state index >= 15 is 0 Å². The molecule has 0 saturated carbocycles. The van der Waals surface area contributed by atoms with E-state index in [1.807, 2.05) is 6.07 Å². The van der Waals surface area contributed by atoms with Crippen LogP contribution >= 0.6 is 0 Å². The van der Waals surface area contributed by atoms with Crippen LogP contribution in [-0.2, 0) is 0 Å². The molecule has 0 spiro atoms. The van der Waals surface area contributed by atoms with Crippen LogP contribution in [0.2, 0.25) is 0 Å². The molecular weight excluding hydrogens is 258 g/mol. The van der Waals surface area contributed by atoms with E-state index in [1.165, 1.54) is 10.6 Å². The molecule has 7 nitrogen and oxygen atoms in total.